The lowest BCUT2D eigenvalue weighted by atomic mass is 10.0. The lowest BCUT2D eigenvalue weighted by molar-refractivity contribution is -0.133. The highest BCUT2D eigenvalue weighted by atomic mass is 32.2. The molecule has 10 heteroatoms. The number of hydrogen-bond donors (Lipinski definition) is 4. The Hall–Kier alpha value is -3.16. The Balaban J connectivity index is 2.23. The summed E-state index contributed by atoms with van der Waals surface area (Å²) in [6.45, 7) is 3.01. The lowest BCUT2D eigenvalue weighted by Crippen LogP contribution is -2.10. The van der Waals surface area contributed by atoms with Crippen LogP contribution in [-0.4, -0.2) is 51.9 Å². The van der Waals surface area contributed by atoms with Crippen molar-refractivity contribution in [1.82, 2.24) is 9.97 Å². The van der Waals surface area contributed by atoms with E-state index in [1.165, 1.54) is 18.0 Å². The number of pyridine rings is 2. The average molecular weight is 443 g/mol. The number of thioether (sulfide) groups is 1. The maximum absolute atomic E-state index is 11.5. The summed E-state index contributed by atoms with van der Waals surface area (Å²) in [5.74, 6) is 0.754. The summed E-state index contributed by atoms with van der Waals surface area (Å²) in [6.07, 6.45) is 4.38. The Morgan fingerprint density at radius 1 is 1.39 bits per heavy atom. The minimum Gasteiger partial charge on any atom is -0.481 e. The summed E-state index contributed by atoms with van der Waals surface area (Å²) in [6, 6.07) is 5.76. The van der Waals surface area contributed by atoms with Crippen molar-refractivity contribution in [3.05, 3.63) is 40.7 Å². The van der Waals surface area contributed by atoms with Gasteiger partial charge in [-0.25, -0.2) is 9.97 Å². The van der Waals surface area contributed by atoms with Gasteiger partial charge < -0.3 is 21.5 Å². The molecule has 2 heterocycles. The van der Waals surface area contributed by atoms with Gasteiger partial charge in [-0.2, -0.15) is 5.26 Å². The Kier molecular flexibility index (Phi) is 9.74. The van der Waals surface area contributed by atoms with Crippen LogP contribution >= 0.6 is 11.8 Å². The molecule has 0 saturated carbocycles. The quantitative estimate of drug-likeness (QED) is 0.269. The fourth-order valence-electron chi connectivity index (χ4n) is 2.89. The first-order valence-electron chi connectivity index (χ1n) is 9.91. The van der Waals surface area contributed by atoms with Gasteiger partial charge in [-0.1, -0.05) is 6.92 Å². The molecule has 0 aromatic carbocycles. The van der Waals surface area contributed by atoms with E-state index in [-0.39, 0.29) is 5.75 Å². The van der Waals surface area contributed by atoms with Crippen LogP contribution in [0, 0.1) is 11.3 Å². The fraction of sp³-hybridized carbons (Fsp3) is 0.381. The number of nitrogens with zero attached hydrogens (tertiary/aromatic N) is 3. The number of nitriles is 1. The van der Waals surface area contributed by atoms with Gasteiger partial charge in [-0.3, -0.25) is 9.59 Å². The van der Waals surface area contributed by atoms with Crippen molar-refractivity contribution in [3.63, 3.8) is 0 Å². The van der Waals surface area contributed by atoms with Crippen molar-refractivity contribution in [3.8, 4) is 6.07 Å². The predicted molar refractivity (Wildman–Crippen MR) is 122 cm³/mol. The highest BCUT2D eigenvalue weighted by molar-refractivity contribution is 7.99. The highest BCUT2D eigenvalue weighted by Crippen LogP contribution is 2.25. The molecule has 0 atom stereocenters. The molecular formula is C21H26N6O3S. The Morgan fingerprint density at radius 2 is 2.19 bits per heavy atom. The summed E-state index contributed by atoms with van der Waals surface area (Å²) in [7, 11) is 0. The molecule has 31 heavy (non-hydrogen) atoms. The van der Waals surface area contributed by atoms with E-state index in [1.807, 2.05) is 13.0 Å². The standard InChI is InChI=1S/C21H26N6O3S/c1-2-14-8-15(4-3-5-22)21(26-18(14)12-28)27-19-9-17(16(10-23)11-25-19)24-6-7-31-13-20(29)30/h8-9,11-12H,2-7,13,22H2,1H3,(H,29,30)(H2,24,25,26,27). The molecular weight excluding hydrogens is 416 g/mol. The Bertz CT molecular complexity index is 961. The number of carbonyl (C=O) groups excluding carboxylic acids is 1. The Morgan fingerprint density at radius 3 is 2.84 bits per heavy atom. The number of hydrogen-bond acceptors (Lipinski definition) is 9. The van der Waals surface area contributed by atoms with Crippen LogP contribution < -0.4 is 16.4 Å². The van der Waals surface area contributed by atoms with Crippen LogP contribution in [0.2, 0.25) is 0 Å². The number of aliphatic carboxylic acids is 1. The van der Waals surface area contributed by atoms with Gasteiger partial charge in [0.25, 0.3) is 0 Å². The summed E-state index contributed by atoms with van der Waals surface area (Å²) < 4.78 is 0. The summed E-state index contributed by atoms with van der Waals surface area (Å²) in [4.78, 5) is 30.8. The maximum Gasteiger partial charge on any atom is 0.313 e. The second-order valence-electron chi connectivity index (χ2n) is 6.63. The molecule has 0 radical (unpaired) electrons. The SMILES string of the molecule is CCc1cc(CCCN)c(Nc2cc(NCCSCC(=O)O)c(C#N)cn2)nc1C=O. The zero-order chi connectivity index (χ0) is 22.6. The molecule has 0 saturated heterocycles. The molecule has 5 N–H and O–H groups in total. The molecule has 164 valence electrons. The normalized spacial score (nSPS) is 10.4. The van der Waals surface area contributed by atoms with Gasteiger partial charge in [-0.15, -0.1) is 11.8 Å². The minimum absolute atomic E-state index is 0.0278. The Labute approximate surface area is 185 Å². The third kappa shape index (κ3) is 7.24. The molecule has 2 aromatic rings. The van der Waals surface area contributed by atoms with Crippen LogP contribution in [0.1, 0.15) is 40.5 Å². The first-order valence-corrected chi connectivity index (χ1v) is 11.1. The molecule has 0 aliphatic carbocycles. The first-order chi connectivity index (χ1) is 15.0. The fourth-order valence-corrected chi connectivity index (χ4v) is 3.46. The largest absolute Gasteiger partial charge is 0.481 e. The van der Waals surface area contributed by atoms with Gasteiger partial charge >= 0.3 is 5.97 Å². The van der Waals surface area contributed by atoms with Crippen molar-refractivity contribution in [2.24, 2.45) is 5.73 Å². The van der Waals surface area contributed by atoms with Gasteiger partial charge in [0.1, 0.15) is 23.4 Å². The lowest BCUT2D eigenvalue weighted by Gasteiger charge is -2.15. The van der Waals surface area contributed by atoms with E-state index in [9.17, 15) is 14.9 Å². The summed E-state index contributed by atoms with van der Waals surface area (Å²) >= 11 is 1.29. The van der Waals surface area contributed by atoms with Crippen LogP contribution in [0.3, 0.4) is 0 Å². The average Bonchev–Trinajstić information content (AvgIpc) is 2.77. The van der Waals surface area contributed by atoms with E-state index in [4.69, 9.17) is 10.8 Å². The van der Waals surface area contributed by atoms with Crippen LogP contribution in [0.5, 0.6) is 0 Å². The maximum atomic E-state index is 11.5. The number of carboxylic acid groups (broad SMARTS) is 1. The van der Waals surface area contributed by atoms with Gasteiger partial charge in [0.2, 0.25) is 0 Å². The number of nitrogens with two attached hydrogens (primary N) is 1. The van der Waals surface area contributed by atoms with E-state index < -0.39 is 5.97 Å². The van der Waals surface area contributed by atoms with Gasteiger partial charge in [-0.05, 0) is 43.0 Å². The zero-order valence-corrected chi connectivity index (χ0v) is 18.2. The van der Waals surface area contributed by atoms with Crippen molar-refractivity contribution < 1.29 is 14.7 Å². The van der Waals surface area contributed by atoms with E-state index in [1.54, 1.807) is 6.07 Å². The van der Waals surface area contributed by atoms with Crippen molar-refractivity contribution in [1.29, 1.82) is 5.26 Å². The van der Waals surface area contributed by atoms with E-state index in [2.05, 4.69) is 26.7 Å². The molecule has 2 aromatic heterocycles. The minimum atomic E-state index is -0.861. The van der Waals surface area contributed by atoms with Crippen molar-refractivity contribution in [2.45, 2.75) is 26.2 Å². The molecule has 9 nitrogen and oxygen atoms in total. The molecule has 0 spiro atoms. The summed E-state index contributed by atoms with van der Waals surface area (Å²) in [5, 5.41) is 24.4. The van der Waals surface area contributed by atoms with Gasteiger partial charge in [0, 0.05) is 24.6 Å². The van der Waals surface area contributed by atoms with Gasteiger partial charge in [0.05, 0.1) is 17.0 Å². The number of nitrogens with one attached hydrogen (secondary N) is 2. The summed E-state index contributed by atoms with van der Waals surface area (Å²) in [5.41, 5.74) is 8.82. The number of carbonyl (C=O) groups is 2. The van der Waals surface area contributed by atoms with Crippen LogP contribution in [0.25, 0.3) is 0 Å². The third-order valence-electron chi connectivity index (χ3n) is 4.41. The monoisotopic (exact) mass is 442 g/mol. The molecule has 0 amide bonds. The first kappa shape index (κ1) is 24.1. The van der Waals surface area contributed by atoms with Gasteiger partial charge in [0.15, 0.2) is 6.29 Å². The number of aldehydes is 1. The van der Waals surface area contributed by atoms with Crippen LogP contribution in [0.15, 0.2) is 18.3 Å². The predicted octanol–water partition coefficient (Wildman–Crippen LogP) is 2.59. The smallest absolute Gasteiger partial charge is 0.313 e. The molecule has 2 rings (SSSR count). The topological polar surface area (TPSA) is 154 Å². The third-order valence-corrected chi connectivity index (χ3v) is 5.36. The van der Waals surface area contributed by atoms with Crippen LogP contribution in [0.4, 0.5) is 17.3 Å². The van der Waals surface area contributed by atoms with Crippen molar-refractivity contribution >= 4 is 41.3 Å². The number of rotatable bonds is 13. The van der Waals surface area contributed by atoms with E-state index >= 15 is 0 Å². The molecule has 0 unspecified atom stereocenters. The number of carboxylic acids is 1. The molecule has 0 fully saturated rings. The molecule has 0 aliphatic heterocycles. The second kappa shape index (κ2) is 12.5. The second-order valence-corrected chi connectivity index (χ2v) is 7.73. The van der Waals surface area contributed by atoms with Crippen molar-refractivity contribution in [2.75, 3.05) is 35.2 Å². The highest BCUT2D eigenvalue weighted by Gasteiger charge is 2.13. The molecule has 0 aliphatic rings. The zero-order valence-electron chi connectivity index (χ0n) is 17.4. The number of anilines is 3. The van der Waals surface area contributed by atoms with Crippen LogP contribution in [-0.2, 0) is 17.6 Å². The van der Waals surface area contributed by atoms with E-state index in [0.29, 0.717) is 60.3 Å². The van der Waals surface area contributed by atoms with E-state index in [0.717, 1.165) is 23.8 Å². The number of aryl methyl sites for hydroxylation is 2. The molecule has 0 bridgehead atoms. The number of aromatic nitrogens is 2.